The largest absolute Gasteiger partial charge is 0.365 e. The summed E-state index contributed by atoms with van der Waals surface area (Å²) in [5, 5.41) is 0.788. The number of rotatable bonds is 3. The van der Waals surface area contributed by atoms with Gasteiger partial charge in [0.15, 0.2) is 0 Å². The van der Waals surface area contributed by atoms with Crippen LogP contribution in [-0.4, -0.2) is 15.9 Å². The summed E-state index contributed by atoms with van der Waals surface area (Å²) >= 11 is 1.32. The van der Waals surface area contributed by atoms with E-state index in [0.717, 1.165) is 16.3 Å². The first-order valence-electron chi connectivity index (χ1n) is 5.30. The Morgan fingerprint density at radius 1 is 1.47 bits per heavy atom. The number of hydrogen-bond acceptors (Lipinski definition) is 4. The van der Waals surface area contributed by atoms with Gasteiger partial charge in [0.05, 0.1) is 5.69 Å². The van der Waals surface area contributed by atoms with Crippen LogP contribution in [0, 0.1) is 0 Å². The standard InChI is InChI=1S/C12H13N3OS/c1-7(2)9-10(11(13)16)17-12(15-9)8-4-3-5-14-6-8/h3-7H,1-2H3,(H2,13,16). The average Bonchev–Trinajstić information content (AvgIpc) is 2.75. The highest BCUT2D eigenvalue weighted by Gasteiger charge is 2.18. The van der Waals surface area contributed by atoms with Gasteiger partial charge in [-0.05, 0) is 18.1 Å². The van der Waals surface area contributed by atoms with E-state index in [4.69, 9.17) is 5.73 Å². The fraction of sp³-hybridized carbons (Fsp3) is 0.250. The highest BCUT2D eigenvalue weighted by Crippen LogP contribution is 2.30. The van der Waals surface area contributed by atoms with Gasteiger partial charge in [0.25, 0.3) is 5.91 Å². The lowest BCUT2D eigenvalue weighted by Gasteiger charge is -2.00. The minimum atomic E-state index is -0.415. The average molecular weight is 247 g/mol. The van der Waals surface area contributed by atoms with Crippen molar-refractivity contribution in [2.24, 2.45) is 5.73 Å². The molecule has 2 heterocycles. The number of thiazole rings is 1. The summed E-state index contributed by atoms with van der Waals surface area (Å²) in [4.78, 5) is 20.4. The maximum atomic E-state index is 11.3. The van der Waals surface area contributed by atoms with E-state index < -0.39 is 5.91 Å². The number of carbonyl (C=O) groups excluding carboxylic acids is 1. The minimum Gasteiger partial charge on any atom is -0.365 e. The number of nitrogens with two attached hydrogens (primary N) is 1. The lowest BCUT2D eigenvalue weighted by atomic mass is 10.1. The predicted octanol–water partition coefficient (Wildman–Crippen LogP) is 2.43. The molecule has 0 saturated heterocycles. The van der Waals surface area contributed by atoms with Crippen molar-refractivity contribution in [1.82, 2.24) is 9.97 Å². The van der Waals surface area contributed by atoms with Crippen molar-refractivity contribution in [3.05, 3.63) is 35.1 Å². The van der Waals surface area contributed by atoms with Crippen molar-refractivity contribution < 1.29 is 4.79 Å². The third-order valence-electron chi connectivity index (χ3n) is 2.33. The summed E-state index contributed by atoms with van der Waals surface area (Å²) in [6.07, 6.45) is 3.43. The van der Waals surface area contributed by atoms with Crippen LogP contribution < -0.4 is 5.73 Å². The maximum absolute atomic E-state index is 11.3. The van der Waals surface area contributed by atoms with Gasteiger partial charge >= 0.3 is 0 Å². The number of nitrogens with zero attached hydrogens (tertiary/aromatic N) is 2. The molecule has 5 heteroatoms. The fourth-order valence-corrected chi connectivity index (χ4v) is 2.57. The molecule has 0 fully saturated rings. The third kappa shape index (κ3) is 2.34. The Labute approximate surface area is 104 Å². The number of pyridine rings is 1. The zero-order valence-electron chi connectivity index (χ0n) is 9.68. The number of primary amides is 1. The van der Waals surface area contributed by atoms with Crippen LogP contribution in [0.25, 0.3) is 10.6 Å². The SMILES string of the molecule is CC(C)c1nc(-c2cccnc2)sc1C(N)=O. The molecule has 0 saturated carbocycles. The number of hydrogen-bond donors (Lipinski definition) is 1. The minimum absolute atomic E-state index is 0.180. The molecule has 1 amide bonds. The maximum Gasteiger partial charge on any atom is 0.260 e. The molecule has 88 valence electrons. The van der Waals surface area contributed by atoms with E-state index in [-0.39, 0.29) is 5.92 Å². The van der Waals surface area contributed by atoms with Gasteiger partial charge in [-0.2, -0.15) is 0 Å². The number of carbonyl (C=O) groups is 1. The molecule has 0 radical (unpaired) electrons. The molecule has 2 rings (SSSR count). The molecule has 0 spiro atoms. The summed E-state index contributed by atoms with van der Waals surface area (Å²) in [6.45, 7) is 3.99. The van der Waals surface area contributed by atoms with Crippen LogP contribution in [0.5, 0.6) is 0 Å². The Hall–Kier alpha value is -1.75. The monoisotopic (exact) mass is 247 g/mol. The van der Waals surface area contributed by atoms with Crippen LogP contribution in [0.4, 0.5) is 0 Å². The molecule has 17 heavy (non-hydrogen) atoms. The molecule has 0 aliphatic rings. The van der Waals surface area contributed by atoms with E-state index in [9.17, 15) is 4.79 Å². The summed E-state index contributed by atoms with van der Waals surface area (Å²) in [5.74, 6) is -0.236. The first kappa shape index (κ1) is 11.7. The molecule has 0 bridgehead atoms. The Morgan fingerprint density at radius 3 is 2.71 bits per heavy atom. The van der Waals surface area contributed by atoms with Crippen molar-refractivity contribution in [2.45, 2.75) is 19.8 Å². The molecule has 2 aromatic heterocycles. The third-order valence-corrected chi connectivity index (χ3v) is 3.47. The Balaban J connectivity index is 2.51. The molecule has 0 unspecified atom stereocenters. The summed E-state index contributed by atoms with van der Waals surface area (Å²) in [7, 11) is 0. The van der Waals surface area contributed by atoms with Crippen LogP contribution >= 0.6 is 11.3 Å². The molecule has 0 aromatic carbocycles. The molecule has 4 nitrogen and oxygen atoms in total. The van der Waals surface area contributed by atoms with E-state index in [2.05, 4.69) is 9.97 Å². The second kappa shape index (κ2) is 4.63. The van der Waals surface area contributed by atoms with Gasteiger partial charge in [-0.3, -0.25) is 9.78 Å². The van der Waals surface area contributed by atoms with Crippen LogP contribution in [0.3, 0.4) is 0 Å². The zero-order valence-corrected chi connectivity index (χ0v) is 10.5. The molecule has 2 N–H and O–H groups in total. The highest BCUT2D eigenvalue weighted by atomic mass is 32.1. The molecule has 0 atom stereocenters. The Bertz CT molecular complexity index is 534. The normalized spacial score (nSPS) is 10.8. The van der Waals surface area contributed by atoms with Crippen molar-refractivity contribution >= 4 is 17.2 Å². The first-order chi connectivity index (χ1) is 8.09. The predicted molar refractivity (Wildman–Crippen MR) is 68.0 cm³/mol. The highest BCUT2D eigenvalue weighted by molar-refractivity contribution is 7.17. The van der Waals surface area contributed by atoms with Crippen molar-refractivity contribution in [3.63, 3.8) is 0 Å². The lowest BCUT2D eigenvalue weighted by molar-refractivity contribution is 0.100. The number of aromatic nitrogens is 2. The first-order valence-corrected chi connectivity index (χ1v) is 6.12. The van der Waals surface area contributed by atoms with Crippen molar-refractivity contribution in [2.75, 3.05) is 0 Å². The van der Waals surface area contributed by atoms with Crippen LogP contribution in [-0.2, 0) is 0 Å². The molecule has 0 aliphatic carbocycles. The van der Waals surface area contributed by atoms with Crippen LogP contribution in [0.1, 0.15) is 35.1 Å². The lowest BCUT2D eigenvalue weighted by Crippen LogP contribution is -2.12. The van der Waals surface area contributed by atoms with Crippen LogP contribution in [0.2, 0.25) is 0 Å². The van der Waals surface area contributed by atoms with E-state index in [1.54, 1.807) is 12.4 Å². The van der Waals surface area contributed by atoms with Gasteiger partial charge in [-0.15, -0.1) is 11.3 Å². The van der Waals surface area contributed by atoms with E-state index in [0.29, 0.717) is 4.88 Å². The van der Waals surface area contributed by atoms with Crippen LogP contribution in [0.15, 0.2) is 24.5 Å². The van der Waals surface area contributed by atoms with Crippen molar-refractivity contribution in [3.8, 4) is 10.6 Å². The topological polar surface area (TPSA) is 68.9 Å². The molecular weight excluding hydrogens is 234 g/mol. The van der Waals surface area contributed by atoms with Gasteiger partial charge < -0.3 is 5.73 Å². The Morgan fingerprint density at radius 2 is 2.24 bits per heavy atom. The molecular formula is C12H13N3OS. The van der Waals surface area contributed by atoms with Gasteiger partial charge in [-0.25, -0.2) is 4.98 Å². The molecule has 2 aromatic rings. The van der Waals surface area contributed by atoms with Gasteiger partial charge in [0.2, 0.25) is 0 Å². The van der Waals surface area contributed by atoms with E-state index in [1.165, 1.54) is 11.3 Å². The van der Waals surface area contributed by atoms with E-state index in [1.807, 2.05) is 26.0 Å². The second-order valence-corrected chi connectivity index (χ2v) is 4.99. The zero-order chi connectivity index (χ0) is 12.4. The second-order valence-electron chi connectivity index (χ2n) is 3.99. The van der Waals surface area contributed by atoms with Gasteiger partial charge in [0.1, 0.15) is 9.88 Å². The van der Waals surface area contributed by atoms with Gasteiger partial charge in [-0.1, -0.05) is 13.8 Å². The Kier molecular flexibility index (Phi) is 3.19. The number of amides is 1. The van der Waals surface area contributed by atoms with E-state index >= 15 is 0 Å². The summed E-state index contributed by atoms with van der Waals surface area (Å²) in [5.41, 5.74) is 7.03. The van der Waals surface area contributed by atoms with Gasteiger partial charge in [0, 0.05) is 18.0 Å². The van der Waals surface area contributed by atoms with Crippen molar-refractivity contribution in [1.29, 1.82) is 0 Å². The quantitative estimate of drug-likeness (QED) is 0.905. The fourth-order valence-electron chi connectivity index (χ4n) is 1.51. The smallest absolute Gasteiger partial charge is 0.260 e. The summed E-state index contributed by atoms with van der Waals surface area (Å²) < 4.78 is 0. The molecule has 0 aliphatic heterocycles. The summed E-state index contributed by atoms with van der Waals surface area (Å²) in [6, 6.07) is 3.76.